The van der Waals surface area contributed by atoms with Crippen LogP contribution in [0.2, 0.25) is 5.15 Å². The third-order valence-corrected chi connectivity index (χ3v) is 6.42. The molecule has 4 heterocycles. The standard InChI is InChI=1S/C15H16ClN7O2S/c16-12-8-13(21-15(17)20-12)22-4-6-23(7-5-22)26(24,25)11-9-19-14-10(11)2-1-3-18-14/h1-3,8-9H,4-7H2,(H,18,19)(H2,17,20,21). The minimum Gasteiger partial charge on any atom is -0.368 e. The fourth-order valence-electron chi connectivity index (χ4n) is 3.03. The van der Waals surface area contributed by atoms with E-state index in [4.69, 9.17) is 17.3 Å². The predicted molar refractivity (Wildman–Crippen MR) is 98.5 cm³/mol. The summed E-state index contributed by atoms with van der Waals surface area (Å²) in [4.78, 5) is 17.2. The number of anilines is 2. The van der Waals surface area contributed by atoms with Gasteiger partial charge in [0.1, 0.15) is 21.5 Å². The summed E-state index contributed by atoms with van der Waals surface area (Å²) in [5.74, 6) is 0.685. The number of sulfonamides is 1. The second-order valence-corrected chi connectivity index (χ2v) is 8.14. The largest absolute Gasteiger partial charge is 0.368 e. The fraction of sp³-hybridized carbons (Fsp3) is 0.267. The van der Waals surface area contributed by atoms with Crippen LogP contribution in [0.15, 0.2) is 35.5 Å². The number of nitrogens with zero attached hydrogens (tertiary/aromatic N) is 5. The first-order chi connectivity index (χ1) is 12.4. The topological polar surface area (TPSA) is 121 Å². The second-order valence-electron chi connectivity index (χ2n) is 5.85. The lowest BCUT2D eigenvalue weighted by atomic mass is 10.3. The van der Waals surface area contributed by atoms with Crippen molar-refractivity contribution in [2.45, 2.75) is 4.90 Å². The highest BCUT2D eigenvalue weighted by atomic mass is 35.5. The van der Waals surface area contributed by atoms with E-state index >= 15 is 0 Å². The summed E-state index contributed by atoms with van der Waals surface area (Å²) in [6, 6.07) is 5.08. The number of piperazine rings is 1. The lowest BCUT2D eigenvalue weighted by molar-refractivity contribution is 0.384. The zero-order valence-corrected chi connectivity index (χ0v) is 15.2. The highest BCUT2D eigenvalue weighted by molar-refractivity contribution is 7.89. The van der Waals surface area contributed by atoms with E-state index < -0.39 is 10.0 Å². The van der Waals surface area contributed by atoms with Gasteiger partial charge in [-0.05, 0) is 12.1 Å². The van der Waals surface area contributed by atoms with Gasteiger partial charge in [-0.3, -0.25) is 0 Å². The van der Waals surface area contributed by atoms with Crippen molar-refractivity contribution in [1.29, 1.82) is 0 Å². The molecule has 0 bridgehead atoms. The van der Waals surface area contributed by atoms with Gasteiger partial charge in [0.15, 0.2) is 0 Å². The summed E-state index contributed by atoms with van der Waals surface area (Å²) in [6.45, 7) is 1.62. The van der Waals surface area contributed by atoms with Crippen LogP contribution in [-0.2, 0) is 10.0 Å². The van der Waals surface area contributed by atoms with Crippen molar-refractivity contribution in [2.75, 3.05) is 36.8 Å². The Balaban J connectivity index is 1.55. The molecule has 4 rings (SSSR count). The Kier molecular flexibility index (Phi) is 4.17. The summed E-state index contributed by atoms with van der Waals surface area (Å²) in [5, 5.41) is 0.846. The molecule has 0 aromatic carbocycles. The van der Waals surface area contributed by atoms with Crippen molar-refractivity contribution in [3.05, 3.63) is 35.7 Å². The van der Waals surface area contributed by atoms with E-state index in [2.05, 4.69) is 19.9 Å². The predicted octanol–water partition coefficient (Wildman–Crippen LogP) is 1.10. The van der Waals surface area contributed by atoms with Gasteiger partial charge < -0.3 is 15.6 Å². The van der Waals surface area contributed by atoms with Crippen LogP contribution in [0.4, 0.5) is 11.8 Å². The molecule has 0 radical (unpaired) electrons. The molecular weight excluding hydrogens is 378 g/mol. The number of hydrogen-bond acceptors (Lipinski definition) is 7. The molecule has 1 fully saturated rings. The summed E-state index contributed by atoms with van der Waals surface area (Å²) in [6.07, 6.45) is 3.11. The Morgan fingerprint density at radius 3 is 2.69 bits per heavy atom. The highest BCUT2D eigenvalue weighted by Crippen LogP contribution is 2.26. The van der Waals surface area contributed by atoms with Crippen molar-refractivity contribution in [3.63, 3.8) is 0 Å². The molecule has 0 spiro atoms. The van der Waals surface area contributed by atoms with Gasteiger partial charge in [0.05, 0.1) is 0 Å². The van der Waals surface area contributed by atoms with Gasteiger partial charge in [-0.15, -0.1) is 0 Å². The molecule has 9 nitrogen and oxygen atoms in total. The van der Waals surface area contributed by atoms with Gasteiger partial charge in [-0.25, -0.2) is 18.4 Å². The van der Waals surface area contributed by atoms with Crippen LogP contribution >= 0.6 is 11.6 Å². The third kappa shape index (κ3) is 2.96. The number of halogens is 1. The lowest BCUT2D eigenvalue weighted by Gasteiger charge is -2.34. The molecule has 0 unspecified atom stereocenters. The molecule has 26 heavy (non-hydrogen) atoms. The van der Waals surface area contributed by atoms with E-state index in [1.54, 1.807) is 24.4 Å². The molecular formula is C15H16ClN7O2S. The van der Waals surface area contributed by atoms with Gasteiger partial charge in [0, 0.05) is 50.0 Å². The van der Waals surface area contributed by atoms with Gasteiger partial charge in [0.2, 0.25) is 16.0 Å². The minimum atomic E-state index is -3.62. The van der Waals surface area contributed by atoms with Crippen molar-refractivity contribution in [2.24, 2.45) is 0 Å². The maximum Gasteiger partial charge on any atom is 0.245 e. The molecule has 0 aliphatic carbocycles. The van der Waals surface area contributed by atoms with E-state index in [1.807, 2.05) is 4.90 Å². The Morgan fingerprint density at radius 2 is 1.96 bits per heavy atom. The van der Waals surface area contributed by atoms with Gasteiger partial charge in [-0.2, -0.15) is 9.29 Å². The molecule has 1 saturated heterocycles. The summed E-state index contributed by atoms with van der Waals surface area (Å²) < 4.78 is 27.5. The zero-order valence-electron chi connectivity index (χ0n) is 13.6. The Morgan fingerprint density at radius 1 is 1.19 bits per heavy atom. The lowest BCUT2D eigenvalue weighted by Crippen LogP contribution is -2.48. The third-order valence-electron chi connectivity index (χ3n) is 4.29. The van der Waals surface area contributed by atoms with Gasteiger partial charge >= 0.3 is 0 Å². The van der Waals surface area contributed by atoms with Crippen LogP contribution < -0.4 is 10.6 Å². The van der Waals surface area contributed by atoms with Gasteiger partial charge in [0.25, 0.3) is 0 Å². The van der Waals surface area contributed by atoms with E-state index in [0.29, 0.717) is 43.0 Å². The number of nitrogens with one attached hydrogen (secondary N) is 1. The van der Waals surface area contributed by atoms with E-state index in [9.17, 15) is 8.42 Å². The smallest absolute Gasteiger partial charge is 0.245 e. The summed E-state index contributed by atoms with van der Waals surface area (Å²) >= 11 is 5.92. The number of aromatic amines is 1. The van der Waals surface area contributed by atoms with Crippen molar-refractivity contribution >= 4 is 44.4 Å². The molecule has 0 atom stereocenters. The molecule has 11 heteroatoms. The molecule has 3 N–H and O–H groups in total. The average molecular weight is 394 g/mol. The molecule has 3 aromatic rings. The fourth-order valence-corrected chi connectivity index (χ4v) is 4.78. The van der Waals surface area contributed by atoms with Crippen LogP contribution in [-0.4, -0.2) is 58.8 Å². The molecule has 1 aliphatic rings. The first-order valence-corrected chi connectivity index (χ1v) is 9.74. The van der Waals surface area contributed by atoms with Crippen LogP contribution in [0, 0.1) is 0 Å². The number of nitrogen functional groups attached to an aromatic ring is 1. The second kappa shape index (κ2) is 6.38. The molecule has 0 amide bonds. The molecule has 1 aliphatic heterocycles. The molecule has 0 saturated carbocycles. The van der Waals surface area contributed by atoms with E-state index in [0.717, 1.165) is 0 Å². The number of nitrogens with two attached hydrogens (primary N) is 1. The minimum absolute atomic E-state index is 0.0915. The first kappa shape index (κ1) is 17.0. The molecule has 3 aromatic heterocycles. The zero-order chi connectivity index (χ0) is 18.3. The number of pyridine rings is 1. The van der Waals surface area contributed by atoms with Crippen LogP contribution in [0.25, 0.3) is 11.0 Å². The summed E-state index contributed by atoms with van der Waals surface area (Å²) in [7, 11) is -3.62. The Hall–Kier alpha value is -2.43. The van der Waals surface area contributed by atoms with Crippen LogP contribution in [0.1, 0.15) is 0 Å². The number of rotatable bonds is 3. The normalized spacial score (nSPS) is 16.3. The summed E-state index contributed by atoms with van der Waals surface area (Å²) in [5.41, 5.74) is 6.18. The molecule has 136 valence electrons. The SMILES string of the molecule is Nc1nc(Cl)cc(N2CCN(S(=O)(=O)c3c[nH]c4ncccc34)CC2)n1. The monoisotopic (exact) mass is 393 g/mol. The number of hydrogen-bond donors (Lipinski definition) is 2. The van der Waals surface area contributed by atoms with Crippen LogP contribution in [0.3, 0.4) is 0 Å². The van der Waals surface area contributed by atoms with Crippen molar-refractivity contribution in [1.82, 2.24) is 24.2 Å². The average Bonchev–Trinajstić information content (AvgIpc) is 3.06. The van der Waals surface area contributed by atoms with E-state index in [-0.39, 0.29) is 16.0 Å². The maximum atomic E-state index is 13.0. The number of fused-ring (bicyclic) bond motifs is 1. The van der Waals surface area contributed by atoms with Crippen molar-refractivity contribution in [3.8, 4) is 0 Å². The Labute approximate surface area is 154 Å². The first-order valence-electron chi connectivity index (χ1n) is 7.92. The van der Waals surface area contributed by atoms with Gasteiger partial charge in [-0.1, -0.05) is 11.6 Å². The number of aromatic nitrogens is 4. The van der Waals surface area contributed by atoms with Crippen molar-refractivity contribution < 1.29 is 8.42 Å². The number of H-pyrrole nitrogens is 1. The Bertz CT molecular complexity index is 1040. The van der Waals surface area contributed by atoms with Crippen LogP contribution in [0.5, 0.6) is 0 Å². The quantitative estimate of drug-likeness (QED) is 0.639. The maximum absolute atomic E-state index is 13.0. The highest BCUT2D eigenvalue weighted by Gasteiger charge is 2.31. The van der Waals surface area contributed by atoms with E-state index in [1.165, 1.54) is 10.5 Å².